The maximum atomic E-state index is 12.0. The summed E-state index contributed by atoms with van der Waals surface area (Å²) < 4.78 is 0.746. The van der Waals surface area contributed by atoms with E-state index < -0.39 is 0 Å². The fraction of sp³-hybridized carbons (Fsp3) is 0.200. The van der Waals surface area contributed by atoms with Crippen LogP contribution in [0, 0.1) is 11.8 Å². The Hall–Kier alpha value is -1.87. The Morgan fingerprint density at radius 3 is 3.00 bits per heavy atom. The number of hydrogen-bond acceptors (Lipinski definition) is 4. The van der Waals surface area contributed by atoms with Crippen molar-refractivity contribution in [3.05, 3.63) is 50.9 Å². The van der Waals surface area contributed by atoms with E-state index in [-0.39, 0.29) is 12.5 Å². The lowest BCUT2D eigenvalue weighted by atomic mass is 10.2. The number of halogens is 1. The van der Waals surface area contributed by atoms with Crippen molar-refractivity contribution < 1.29 is 9.90 Å². The Morgan fingerprint density at radius 1 is 1.43 bits per heavy atom. The predicted molar refractivity (Wildman–Crippen MR) is 83.6 cm³/mol. The molecule has 2 aromatic heterocycles. The number of nitrogens with one attached hydrogen (secondary N) is 1. The number of aliphatic hydroxyl groups excluding tert-OH is 1. The first-order chi connectivity index (χ1) is 10.2. The second-order valence-corrected chi connectivity index (χ2v) is 5.93. The Kier molecular flexibility index (Phi) is 5.76. The second kappa shape index (κ2) is 7.79. The quantitative estimate of drug-likeness (QED) is 0.848. The number of amides is 1. The van der Waals surface area contributed by atoms with Gasteiger partial charge in [-0.1, -0.05) is 23.4 Å². The number of thiophene rings is 1. The normalized spacial score (nSPS) is 9.81. The topological polar surface area (TPSA) is 62.2 Å². The minimum absolute atomic E-state index is 0.196. The molecule has 21 heavy (non-hydrogen) atoms. The number of pyridine rings is 1. The summed E-state index contributed by atoms with van der Waals surface area (Å²) in [5.41, 5.74) is 1.05. The van der Waals surface area contributed by atoms with Crippen molar-refractivity contribution in [2.24, 2.45) is 0 Å². The summed E-state index contributed by atoms with van der Waals surface area (Å²) in [6.07, 6.45) is 3.77. The number of carbonyl (C=O) groups excluding carboxylic acids is 1. The van der Waals surface area contributed by atoms with Gasteiger partial charge in [0.2, 0.25) is 0 Å². The number of carbonyl (C=O) groups is 1. The van der Waals surface area contributed by atoms with Gasteiger partial charge in [-0.25, -0.2) is 0 Å². The zero-order valence-electron chi connectivity index (χ0n) is 11.1. The molecule has 2 heterocycles. The van der Waals surface area contributed by atoms with Crippen LogP contribution in [0.3, 0.4) is 0 Å². The van der Waals surface area contributed by atoms with E-state index in [9.17, 15) is 4.79 Å². The first kappa shape index (κ1) is 15.5. The van der Waals surface area contributed by atoms with Crippen molar-refractivity contribution in [1.82, 2.24) is 10.3 Å². The van der Waals surface area contributed by atoms with E-state index in [1.165, 1.54) is 17.5 Å². The van der Waals surface area contributed by atoms with E-state index in [1.807, 2.05) is 12.1 Å². The Balaban J connectivity index is 1.91. The van der Waals surface area contributed by atoms with Crippen LogP contribution in [0.15, 0.2) is 30.6 Å². The summed E-state index contributed by atoms with van der Waals surface area (Å²) in [4.78, 5) is 17.1. The molecule has 2 rings (SSSR count). The number of aromatic nitrogens is 1. The summed E-state index contributed by atoms with van der Waals surface area (Å²) in [7, 11) is 0. The minimum Gasteiger partial charge on any atom is -0.384 e. The molecule has 0 bridgehead atoms. The predicted octanol–water partition coefficient (Wildman–Crippen LogP) is 2.11. The van der Waals surface area contributed by atoms with Gasteiger partial charge in [-0.3, -0.25) is 9.78 Å². The average molecular weight is 321 g/mol. The van der Waals surface area contributed by atoms with Crippen molar-refractivity contribution in [1.29, 1.82) is 0 Å². The fourth-order valence-electron chi connectivity index (χ4n) is 1.66. The Morgan fingerprint density at radius 2 is 2.29 bits per heavy atom. The van der Waals surface area contributed by atoms with Gasteiger partial charge < -0.3 is 10.4 Å². The van der Waals surface area contributed by atoms with E-state index in [4.69, 9.17) is 16.7 Å². The van der Waals surface area contributed by atoms with Crippen LogP contribution in [0.5, 0.6) is 0 Å². The molecule has 0 atom stereocenters. The zero-order valence-corrected chi connectivity index (χ0v) is 12.7. The van der Waals surface area contributed by atoms with Gasteiger partial charge in [-0.05, 0) is 24.6 Å². The second-order valence-electron chi connectivity index (χ2n) is 4.13. The van der Waals surface area contributed by atoms with E-state index in [1.54, 1.807) is 12.3 Å². The van der Waals surface area contributed by atoms with Crippen LogP contribution in [-0.4, -0.2) is 29.1 Å². The van der Waals surface area contributed by atoms with Crippen LogP contribution in [-0.2, 0) is 6.42 Å². The number of nitrogens with zero attached hydrogens (tertiary/aromatic N) is 1. The molecule has 0 radical (unpaired) electrons. The molecule has 0 unspecified atom stereocenters. The lowest BCUT2D eigenvalue weighted by molar-refractivity contribution is 0.0954. The highest BCUT2D eigenvalue weighted by Crippen LogP contribution is 2.21. The number of aliphatic hydroxyl groups is 1. The van der Waals surface area contributed by atoms with E-state index in [0.29, 0.717) is 17.7 Å². The number of rotatable bonds is 4. The van der Waals surface area contributed by atoms with Crippen LogP contribution in [0.4, 0.5) is 0 Å². The van der Waals surface area contributed by atoms with Gasteiger partial charge in [0.05, 0.1) is 9.90 Å². The minimum atomic E-state index is -0.222. The Labute approximate surface area is 131 Å². The smallest absolute Gasteiger partial charge is 0.252 e. The average Bonchev–Trinajstić information content (AvgIpc) is 2.91. The number of hydrogen-bond donors (Lipinski definition) is 2. The SMILES string of the molecule is O=C(NCCc1ccc(Cl)s1)c1cncc(C#CCO)c1. The molecule has 0 aliphatic heterocycles. The van der Waals surface area contributed by atoms with Gasteiger partial charge in [0, 0.05) is 29.4 Å². The molecule has 0 aliphatic carbocycles. The van der Waals surface area contributed by atoms with Gasteiger partial charge in [-0.2, -0.15) is 0 Å². The molecular formula is C15H13ClN2O2S. The van der Waals surface area contributed by atoms with Gasteiger partial charge in [0.1, 0.15) is 6.61 Å². The maximum Gasteiger partial charge on any atom is 0.252 e. The molecule has 6 heteroatoms. The molecule has 1 amide bonds. The standard InChI is InChI=1S/C15H13ClN2O2S/c16-14-4-3-13(21-14)5-6-18-15(20)12-8-11(2-1-7-19)9-17-10-12/h3-4,8-10,19H,5-7H2,(H,18,20). The third-order valence-corrected chi connectivity index (χ3v) is 3.89. The first-order valence-electron chi connectivity index (χ1n) is 6.26. The highest BCUT2D eigenvalue weighted by Gasteiger charge is 2.06. The molecule has 2 aromatic rings. The molecule has 0 saturated carbocycles. The van der Waals surface area contributed by atoms with Crippen molar-refractivity contribution in [3.8, 4) is 11.8 Å². The van der Waals surface area contributed by atoms with Crippen LogP contribution in [0.1, 0.15) is 20.8 Å². The third kappa shape index (κ3) is 4.87. The van der Waals surface area contributed by atoms with Crippen molar-refractivity contribution >= 4 is 28.8 Å². The highest BCUT2D eigenvalue weighted by atomic mass is 35.5. The summed E-state index contributed by atoms with van der Waals surface area (Å²) >= 11 is 7.36. The molecule has 0 saturated heterocycles. The van der Waals surface area contributed by atoms with Gasteiger partial charge in [0.25, 0.3) is 5.91 Å². The van der Waals surface area contributed by atoms with Crippen LogP contribution in [0.25, 0.3) is 0 Å². The summed E-state index contributed by atoms with van der Waals surface area (Å²) in [6, 6.07) is 5.44. The van der Waals surface area contributed by atoms with Crippen LogP contribution in [0.2, 0.25) is 4.34 Å². The zero-order chi connectivity index (χ0) is 15.1. The van der Waals surface area contributed by atoms with Gasteiger partial charge in [0.15, 0.2) is 0 Å². The molecule has 0 aromatic carbocycles. The first-order valence-corrected chi connectivity index (χ1v) is 7.45. The molecule has 4 nitrogen and oxygen atoms in total. The van der Waals surface area contributed by atoms with Crippen molar-refractivity contribution in [2.75, 3.05) is 13.2 Å². The van der Waals surface area contributed by atoms with Gasteiger partial charge >= 0.3 is 0 Å². The molecule has 0 aliphatic rings. The monoisotopic (exact) mass is 320 g/mol. The van der Waals surface area contributed by atoms with E-state index in [0.717, 1.165) is 15.6 Å². The lowest BCUT2D eigenvalue weighted by Crippen LogP contribution is -2.25. The molecular weight excluding hydrogens is 308 g/mol. The van der Waals surface area contributed by atoms with Crippen LogP contribution >= 0.6 is 22.9 Å². The summed E-state index contributed by atoms with van der Waals surface area (Å²) in [5.74, 6) is 5.04. The summed E-state index contributed by atoms with van der Waals surface area (Å²) in [6.45, 7) is 0.308. The lowest BCUT2D eigenvalue weighted by Gasteiger charge is -2.04. The van der Waals surface area contributed by atoms with Crippen LogP contribution < -0.4 is 5.32 Å². The fourth-order valence-corrected chi connectivity index (χ4v) is 2.75. The largest absolute Gasteiger partial charge is 0.384 e. The molecule has 108 valence electrons. The van der Waals surface area contributed by atoms with E-state index in [2.05, 4.69) is 22.1 Å². The maximum absolute atomic E-state index is 12.0. The van der Waals surface area contributed by atoms with Gasteiger partial charge in [-0.15, -0.1) is 11.3 Å². The molecule has 2 N–H and O–H groups in total. The third-order valence-electron chi connectivity index (χ3n) is 2.60. The summed E-state index contributed by atoms with van der Waals surface area (Å²) in [5, 5.41) is 11.5. The van der Waals surface area contributed by atoms with Crippen molar-refractivity contribution in [2.45, 2.75) is 6.42 Å². The van der Waals surface area contributed by atoms with Crippen molar-refractivity contribution in [3.63, 3.8) is 0 Å². The molecule has 0 fully saturated rings. The Bertz CT molecular complexity index is 688. The van der Waals surface area contributed by atoms with E-state index >= 15 is 0 Å². The molecule has 0 spiro atoms. The highest BCUT2D eigenvalue weighted by molar-refractivity contribution is 7.16.